The fourth-order valence-corrected chi connectivity index (χ4v) is 5.23. The maximum atomic E-state index is 14.3. The molecule has 0 bridgehead atoms. The third kappa shape index (κ3) is 6.26. The molecule has 8 heteroatoms. The van der Waals surface area contributed by atoms with Gasteiger partial charge in [0.05, 0.1) is 6.61 Å². The van der Waals surface area contributed by atoms with Gasteiger partial charge in [0.1, 0.15) is 12.3 Å². The number of amides is 2. The van der Waals surface area contributed by atoms with Gasteiger partial charge in [-0.3, -0.25) is 14.5 Å². The van der Waals surface area contributed by atoms with Crippen LogP contribution in [0.5, 0.6) is 0 Å². The first-order valence-corrected chi connectivity index (χ1v) is 13.4. The predicted molar refractivity (Wildman–Crippen MR) is 151 cm³/mol. The van der Waals surface area contributed by atoms with Gasteiger partial charge in [-0.2, -0.15) is 0 Å². The zero-order valence-electron chi connectivity index (χ0n) is 23.1. The predicted octanol–water partition coefficient (Wildman–Crippen LogP) is 4.02. The second-order valence-corrected chi connectivity index (χ2v) is 10.0. The van der Waals surface area contributed by atoms with E-state index >= 15 is 0 Å². The lowest BCUT2D eigenvalue weighted by molar-refractivity contribution is -0.122. The summed E-state index contributed by atoms with van der Waals surface area (Å²) in [5, 5.41) is 1.03. The molecule has 2 aromatic carbocycles. The Balaban J connectivity index is 1.76. The van der Waals surface area contributed by atoms with Gasteiger partial charge in [0.15, 0.2) is 0 Å². The van der Waals surface area contributed by atoms with Gasteiger partial charge < -0.3 is 23.8 Å². The largest absolute Gasteiger partial charge is 0.383 e. The van der Waals surface area contributed by atoms with E-state index in [0.717, 1.165) is 41.7 Å². The van der Waals surface area contributed by atoms with E-state index in [1.54, 1.807) is 14.2 Å². The zero-order valence-corrected chi connectivity index (χ0v) is 23.1. The van der Waals surface area contributed by atoms with Crippen molar-refractivity contribution in [3.63, 3.8) is 0 Å². The highest BCUT2D eigenvalue weighted by molar-refractivity contribution is 5.99. The number of ether oxygens (including phenoxy) is 2. The van der Waals surface area contributed by atoms with E-state index in [2.05, 4.69) is 23.3 Å². The molecular weight excluding hydrogens is 480 g/mol. The van der Waals surface area contributed by atoms with Crippen LogP contribution in [0.2, 0.25) is 0 Å². The molecule has 1 aliphatic heterocycles. The zero-order chi connectivity index (χ0) is 27.1. The number of hydrogen-bond acceptors (Lipinski definition) is 5. The second-order valence-electron chi connectivity index (χ2n) is 10.0. The lowest BCUT2D eigenvalue weighted by atomic mass is 10.1. The first-order valence-electron chi connectivity index (χ1n) is 13.4. The third-order valence-corrected chi connectivity index (χ3v) is 7.26. The van der Waals surface area contributed by atoms with Crippen molar-refractivity contribution in [2.45, 2.75) is 39.4 Å². The van der Waals surface area contributed by atoms with E-state index < -0.39 is 0 Å². The van der Waals surface area contributed by atoms with Crippen LogP contribution in [-0.4, -0.2) is 85.8 Å². The average molecular weight is 521 g/mol. The Kier molecular flexibility index (Phi) is 9.55. The van der Waals surface area contributed by atoms with Crippen LogP contribution in [0.15, 0.2) is 54.6 Å². The summed E-state index contributed by atoms with van der Waals surface area (Å²) in [6.45, 7) is 8.67. The summed E-state index contributed by atoms with van der Waals surface area (Å²) in [5.74, 6) is -0.0994. The molecule has 2 amide bonds. The summed E-state index contributed by atoms with van der Waals surface area (Å²) in [6, 6.07) is 18.3. The number of rotatable bonds is 7. The van der Waals surface area contributed by atoms with Gasteiger partial charge in [0.2, 0.25) is 0 Å². The summed E-state index contributed by atoms with van der Waals surface area (Å²) in [6.07, 6.45) is 0.834. The van der Waals surface area contributed by atoms with Gasteiger partial charge in [-0.1, -0.05) is 36.4 Å². The van der Waals surface area contributed by atoms with Crippen LogP contribution in [-0.2, 0) is 27.4 Å². The van der Waals surface area contributed by atoms with E-state index in [1.165, 1.54) is 0 Å². The van der Waals surface area contributed by atoms with E-state index in [-0.39, 0.29) is 18.4 Å². The first-order chi connectivity index (χ1) is 18.4. The number of hydrogen-bond donors (Lipinski definition) is 0. The molecule has 3 aromatic rings. The Morgan fingerprint density at radius 1 is 0.921 bits per heavy atom. The highest BCUT2D eigenvalue weighted by atomic mass is 16.5. The van der Waals surface area contributed by atoms with Crippen LogP contribution in [0.3, 0.4) is 0 Å². The number of anilines is 1. The molecule has 0 atom stereocenters. The minimum absolute atomic E-state index is 0.0183. The topological polar surface area (TPSA) is 67.2 Å². The molecule has 0 saturated heterocycles. The molecule has 0 unspecified atom stereocenters. The molecule has 0 saturated carbocycles. The number of fused-ring (bicyclic) bond motifs is 2. The van der Waals surface area contributed by atoms with Gasteiger partial charge in [-0.25, -0.2) is 0 Å². The molecule has 0 radical (unpaired) electrons. The Hall–Kier alpha value is -3.20. The molecule has 0 fully saturated rings. The smallest absolute Gasteiger partial charge is 0.270 e. The monoisotopic (exact) mass is 520 g/mol. The van der Waals surface area contributed by atoms with Crippen molar-refractivity contribution >= 4 is 28.4 Å². The number of para-hydroxylation sites is 2. The minimum atomic E-state index is -0.0761. The van der Waals surface area contributed by atoms with Crippen LogP contribution in [0.25, 0.3) is 10.9 Å². The normalized spacial score (nSPS) is 15.5. The van der Waals surface area contributed by atoms with Gasteiger partial charge in [0.25, 0.3) is 11.8 Å². The number of benzene rings is 2. The molecule has 2 heterocycles. The summed E-state index contributed by atoms with van der Waals surface area (Å²) in [7, 11) is 3.22. The Morgan fingerprint density at radius 3 is 2.45 bits per heavy atom. The molecule has 204 valence electrons. The molecule has 0 spiro atoms. The SMILES string of the molecule is COCCn1c(C(=O)N2CCN(C(C)C)CCCN(C(=O)COC)c3ccccc3C2)cc2ccccc21. The minimum Gasteiger partial charge on any atom is -0.383 e. The molecule has 38 heavy (non-hydrogen) atoms. The molecule has 0 aliphatic carbocycles. The summed E-state index contributed by atoms with van der Waals surface area (Å²) in [5.41, 5.74) is 3.46. The number of carbonyl (C=O) groups is 2. The van der Waals surface area contributed by atoms with Crippen molar-refractivity contribution in [2.24, 2.45) is 0 Å². The van der Waals surface area contributed by atoms with Crippen molar-refractivity contribution in [3.8, 4) is 0 Å². The van der Waals surface area contributed by atoms with Crippen LogP contribution in [0.1, 0.15) is 36.3 Å². The summed E-state index contributed by atoms with van der Waals surface area (Å²) >= 11 is 0. The molecule has 0 N–H and O–H groups in total. The van der Waals surface area contributed by atoms with Crippen molar-refractivity contribution in [3.05, 3.63) is 65.9 Å². The van der Waals surface area contributed by atoms with E-state index in [1.807, 2.05) is 64.4 Å². The number of carbonyl (C=O) groups excluding carboxylic acids is 2. The van der Waals surface area contributed by atoms with Crippen molar-refractivity contribution in [1.29, 1.82) is 0 Å². The van der Waals surface area contributed by atoms with E-state index in [9.17, 15) is 9.59 Å². The fraction of sp³-hybridized carbons (Fsp3) is 0.467. The van der Waals surface area contributed by atoms with Crippen molar-refractivity contribution in [1.82, 2.24) is 14.4 Å². The lowest BCUT2D eigenvalue weighted by Crippen LogP contribution is -2.42. The molecule has 1 aliphatic rings. The van der Waals surface area contributed by atoms with Crippen LogP contribution >= 0.6 is 0 Å². The molecule has 1 aromatic heterocycles. The number of methoxy groups -OCH3 is 2. The Morgan fingerprint density at radius 2 is 1.68 bits per heavy atom. The van der Waals surface area contributed by atoms with E-state index in [4.69, 9.17) is 9.47 Å². The van der Waals surface area contributed by atoms with Gasteiger partial charge in [-0.15, -0.1) is 0 Å². The van der Waals surface area contributed by atoms with Gasteiger partial charge in [0, 0.05) is 76.1 Å². The molecule has 8 nitrogen and oxygen atoms in total. The van der Waals surface area contributed by atoms with Crippen LogP contribution in [0, 0.1) is 0 Å². The highest BCUT2D eigenvalue weighted by Gasteiger charge is 2.26. The highest BCUT2D eigenvalue weighted by Crippen LogP contribution is 2.26. The fourth-order valence-electron chi connectivity index (χ4n) is 5.23. The number of nitrogens with zero attached hydrogens (tertiary/aromatic N) is 4. The van der Waals surface area contributed by atoms with Gasteiger partial charge >= 0.3 is 0 Å². The van der Waals surface area contributed by atoms with Crippen molar-refractivity contribution in [2.75, 3.05) is 58.5 Å². The number of aromatic nitrogens is 1. The van der Waals surface area contributed by atoms with Gasteiger partial charge in [-0.05, 0) is 44.0 Å². The first kappa shape index (κ1) is 27.8. The van der Waals surface area contributed by atoms with Crippen molar-refractivity contribution < 1.29 is 19.1 Å². The maximum absolute atomic E-state index is 14.3. The Bertz CT molecular complexity index is 1240. The maximum Gasteiger partial charge on any atom is 0.270 e. The average Bonchev–Trinajstić information content (AvgIpc) is 3.27. The lowest BCUT2D eigenvalue weighted by Gasteiger charge is -2.30. The second kappa shape index (κ2) is 13.0. The third-order valence-electron chi connectivity index (χ3n) is 7.26. The summed E-state index contributed by atoms with van der Waals surface area (Å²) in [4.78, 5) is 33.5. The van der Waals surface area contributed by atoms with Crippen LogP contribution < -0.4 is 4.90 Å². The van der Waals surface area contributed by atoms with Crippen LogP contribution in [0.4, 0.5) is 5.69 Å². The standard InChI is InChI=1S/C30H40N4O4/c1-23(2)31-14-9-15-34(29(35)22-38-4)27-13-8-6-11-25(27)21-32(17-16-31)30(36)28-20-24-10-5-7-12-26(24)33(28)18-19-37-3/h5-8,10-13,20,23H,9,14-19,21-22H2,1-4H3. The molecular formula is C30H40N4O4. The van der Waals surface area contributed by atoms with E-state index in [0.29, 0.717) is 44.5 Å². The Labute approximate surface area is 225 Å². The molecule has 4 rings (SSSR count). The quantitative estimate of drug-likeness (QED) is 0.471. The summed E-state index contributed by atoms with van der Waals surface area (Å²) < 4.78 is 12.6.